The number of aryl methyl sites for hydroxylation is 4. The summed E-state index contributed by atoms with van der Waals surface area (Å²) in [5.74, 6) is 0.694. The summed E-state index contributed by atoms with van der Waals surface area (Å²) in [7, 11) is 0. The molecule has 0 radical (unpaired) electrons. The monoisotopic (exact) mass is 339 g/mol. The fourth-order valence-corrected chi connectivity index (χ4v) is 2.83. The molecule has 3 heteroatoms. The van der Waals surface area contributed by atoms with Gasteiger partial charge in [-0.25, -0.2) is 0 Å². The summed E-state index contributed by atoms with van der Waals surface area (Å²) in [6, 6.07) is 12.3. The van der Waals surface area contributed by atoms with Crippen molar-refractivity contribution in [2.75, 3.05) is 0 Å². The van der Waals surface area contributed by atoms with Crippen molar-refractivity contribution in [2.45, 2.75) is 60.1 Å². The van der Waals surface area contributed by atoms with Gasteiger partial charge in [0, 0.05) is 0 Å². The highest BCUT2D eigenvalue weighted by Gasteiger charge is 2.21. The van der Waals surface area contributed by atoms with Gasteiger partial charge in [0.1, 0.15) is 5.75 Å². The summed E-state index contributed by atoms with van der Waals surface area (Å²) in [5.41, 5.74) is 5.83. The fraction of sp³-hybridized carbons (Fsp3) is 0.409. The lowest BCUT2D eigenvalue weighted by Crippen LogP contribution is -2.39. The van der Waals surface area contributed by atoms with Crippen LogP contribution in [0.1, 0.15) is 54.1 Å². The minimum Gasteiger partial charge on any atom is -0.480 e. The minimum atomic E-state index is -0.490. The van der Waals surface area contributed by atoms with Gasteiger partial charge in [0.2, 0.25) is 0 Å². The molecule has 0 aliphatic rings. The van der Waals surface area contributed by atoms with Crippen LogP contribution in [0.4, 0.5) is 0 Å². The second-order valence-corrected chi connectivity index (χ2v) is 6.86. The molecule has 0 aromatic heterocycles. The zero-order valence-electron chi connectivity index (χ0n) is 16.1. The molecule has 0 saturated carbocycles. The molecule has 0 saturated heterocycles. The summed E-state index contributed by atoms with van der Waals surface area (Å²) in [6.07, 6.45) is 0.133. The van der Waals surface area contributed by atoms with Crippen LogP contribution in [-0.2, 0) is 4.79 Å². The van der Waals surface area contributed by atoms with Crippen molar-refractivity contribution >= 4 is 5.91 Å². The Morgan fingerprint density at radius 1 is 1.00 bits per heavy atom. The molecule has 0 unspecified atom stereocenters. The van der Waals surface area contributed by atoms with Crippen molar-refractivity contribution in [3.05, 3.63) is 64.2 Å². The quantitative estimate of drug-likeness (QED) is 0.808. The van der Waals surface area contributed by atoms with Crippen molar-refractivity contribution < 1.29 is 9.53 Å². The van der Waals surface area contributed by atoms with E-state index in [1.165, 1.54) is 16.7 Å². The summed E-state index contributed by atoms with van der Waals surface area (Å²) in [5, 5.41) is 3.08. The number of rotatable bonds is 6. The van der Waals surface area contributed by atoms with E-state index in [0.29, 0.717) is 6.42 Å². The first-order valence-electron chi connectivity index (χ1n) is 8.93. The van der Waals surface area contributed by atoms with Crippen LogP contribution in [0.5, 0.6) is 5.75 Å². The number of carbonyl (C=O) groups is 1. The highest BCUT2D eigenvalue weighted by molar-refractivity contribution is 5.81. The van der Waals surface area contributed by atoms with Gasteiger partial charge < -0.3 is 10.1 Å². The van der Waals surface area contributed by atoms with Crippen LogP contribution in [0.2, 0.25) is 0 Å². The van der Waals surface area contributed by atoms with Gasteiger partial charge in [0.25, 0.3) is 5.91 Å². The maximum Gasteiger partial charge on any atom is 0.261 e. The Kier molecular flexibility index (Phi) is 6.24. The Balaban J connectivity index is 2.07. The third-order valence-corrected chi connectivity index (χ3v) is 4.65. The molecule has 2 atom stereocenters. The molecule has 1 N–H and O–H groups in total. The van der Waals surface area contributed by atoms with Gasteiger partial charge in [-0.2, -0.15) is 0 Å². The van der Waals surface area contributed by atoms with E-state index in [4.69, 9.17) is 4.74 Å². The highest BCUT2D eigenvalue weighted by atomic mass is 16.5. The number of ether oxygens (including phenoxy) is 1. The minimum absolute atomic E-state index is 0.0523. The zero-order valence-corrected chi connectivity index (χ0v) is 16.1. The normalized spacial score (nSPS) is 13.2. The molecule has 2 aromatic carbocycles. The predicted molar refractivity (Wildman–Crippen MR) is 103 cm³/mol. The Morgan fingerprint density at radius 3 is 2.32 bits per heavy atom. The topological polar surface area (TPSA) is 38.3 Å². The largest absolute Gasteiger partial charge is 0.480 e. The molecule has 0 aliphatic carbocycles. The molecular formula is C22H29NO2. The van der Waals surface area contributed by atoms with Crippen LogP contribution >= 0.6 is 0 Å². The van der Waals surface area contributed by atoms with Crippen LogP contribution in [0, 0.1) is 27.7 Å². The third kappa shape index (κ3) is 4.85. The van der Waals surface area contributed by atoms with E-state index in [1.54, 1.807) is 0 Å². The van der Waals surface area contributed by atoms with Gasteiger partial charge in [-0.1, -0.05) is 42.8 Å². The summed E-state index contributed by atoms with van der Waals surface area (Å²) < 4.78 is 5.98. The molecule has 2 rings (SSSR count). The Morgan fingerprint density at radius 2 is 1.72 bits per heavy atom. The number of amides is 1. The third-order valence-electron chi connectivity index (χ3n) is 4.65. The lowest BCUT2D eigenvalue weighted by atomic mass is 10.0. The van der Waals surface area contributed by atoms with Crippen LogP contribution in [0.25, 0.3) is 0 Å². The molecule has 0 bridgehead atoms. The molecule has 0 aliphatic heterocycles. The van der Waals surface area contributed by atoms with Gasteiger partial charge >= 0.3 is 0 Å². The Labute approximate surface area is 151 Å². The summed E-state index contributed by atoms with van der Waals surface area (Å²) in [4.78, 5) is 12.7. The van der Waals surface area contributed by atoms with Crippen LogP contribution in [0.3, 0.4) is 0 Å². The van der Waals surface area contributed by atoms with Gasteiger partial charge in [-0.05, 0) is 69.4 Å². The molecule has 0 spiro atoms. The van der Waals surface area contributed by atoms with Crippen molar-refractivity contribution in [3.8, 4) is 5.75 Å². The number of hydrogen-bond donors (Lipinski definition) is 1. The van der Waals surface area contributed by atoms with Crippen LogP contribution < -0.4 is 10.1 Å². The molecule has 3 nitrogen and oxygen atoms in total. The Hall–Kier alpha value is -2.29. The molecule has 0 heterocycles. The molecule has 134 valence electrons. The highest BCUT2D eigenvalue weighted by Crippen LogP contribution is 2.22. The number of benzene rings is 2. The first kappa shape index (κ1) is 19.0. The second kappa shape index (κ2) is 8.19. The van der Waals surface area contributed by atoms with E-state index in [2.05, 4.69) is 43.4 Å². The maximum absolute atomic E-state index is 12.7. The summed E-state index contributed by atoms with van der Waals surface area (Å²) in [6.45, 7) is 12.2. The molecular weight excluding hydrogens is 310 g/mol. The summed E-state index contributed by atoms with van der Waals surface area (Å²) >= 11 is 0. The van der Waals surface area contributed by atoms with Gasteiger partial charge in [0.05, 0.1) is 6.04 Å². The first-order valence-corrected chi connectivity index (χ1v) is 8.93. The molecule has 1 amide bonds. The first-order chi connectivity index (χ1) is 11.8. The second-order valence-electron chi connectivity index (χ2n) is 6.86. The van der Waals surface area contributed by atoms with Crippen LogP contribution in [0.15, 0.2) is 36.4 Å². The SMILES string of the molecule is CC[C@@H](Oc1ccc(C)cc1C)C(=O)N[C@@H](C)c1ccc(C)c(C)c1. The average molecular weight is 339 g/mol. The number of nitrogens with one attached hydrogen (secondary N) is 1. The predicted octanol–water partition coefficient (Wildman–Crippen LogP) is 4.96. The lowest BCUT2D eigenvalue weighted by molar-refractivity contribution is -0.128. The van der Waals surface area contributed by atoms with Gasteiger partial charge in [0.15, 0.2) is 6.10 Å². The molecule has 2 aromatic rings. The lowest BCUT2D eigenvalue weighted by Gasteiger charge is -2.22. The average Bonchev–Trinajstić information content (AvgIpc) is 2.56. The van der Waals surface area contributed by atoms with Crippen LogP contribution in [-0.4, -0.2) is 12.0 Å². The van der Waals surface area contributed by atoms with Crippen molar-refractivity contribution in [1.29, 1.82) is 0 Å². The zero-order chi connectivity index (χ0) is 18.6. The number of carbonyl (C=O) groups excluding carboxylic acids is 1. The maximum atomic E-state index is 12.7. The molecule has 0 fully saturated rings. The van der Waals surface area contributed by atoms with E-state index in [9.17, 15) is 4.79 Å². The van der Waals surface area contributed by atoms with E-state index in [1.807, 2.05) is 39.8 Å². The van der Waals surface area contributed by atoms with Gasteiger partial charge in [-0.15, -0.1) is 0 Å². The van der Waals surface area contributed by atoms with Crippen molar-refractivity contribution in [3.63, 3.8) is 0 Å². The van der Waals surface area contributed by atoms with Crippen molar-refractivity contribution in [1.82, 2.24) is 5.32 Å². The molecule has 25 heavy (non-hydrogen) atoms. The van der Waals surface area contributed by atoms with Crippen molar-refractivity contribution in [2.24, 2.45) is 0 Å². The fourth-order valence-electron chi connectivity index (χ4n) is 2.83. The Bertz CT molecular complexity index is 752. The standard InChI is InChI=1S/C22H29NO2/c1-7-20(25-21-11-8-14(2)12-17(21)5)22(24)23-18(6)19-10-9-15(3)16(4)13-19/h8-13,18,20H,7H2,1-6H3,(H,23,24)/t18-,20+/m0/s1. The smallest absolute Gasteiger partial charge is 0.261 e. The van der Waals surface area contributed by atoms with E-state index in [-0.39, 0.29) is 11.9 Å². The van der Waals surface area contributed by atoms with E-state index >= 15 is 0 Å². The number of hydrogen-bond acceptors (Lipinski definition) is 2. The van der Waals surface area contributed by atoms with E-state index < -0.39 is 6.10 Å². The van der Waals surface area contributed by atoms with E-state index in [0.717, 1.165) is 16.9 Å². The van der Waals surface area contributed by atoms with Gasteiger partial charge in [-0.3, -0.25) is 4.79 Å².